The highest BCUT2D eigenvalue weighted by Gasteiger charge is 2.08. The summed E-state index contributed by atoms with van der Waals surface area (Å²) in [6.07, 6.45) is 0. The second kappa shape index (κ2) is 5.40. The Morgan fingerprint density at radius 1 is 1.33 bits per heavy atom. The van der Waals surface area contributed by atoms with Gasteiger partial charge in [0.25, 0.3) is 0 Å². The van der Waals surface area contributed by atoms with Crippen LogP contribution in [0.2, 0.25) is 0 Å². The van der Waals surface area contributed by atoms with Crippen molar-refractivity contribution in [2.75, 3.05) is 5.73 Å². The molecule has 2 N–H and O–H groups in total. The van der Waals surface area contributed by atoms with Crippen LogP contribution in [-0.2, 0) is 5.75 Å². The van der Waals surface area contributed by atoms with Gasteiger partial charge in [-0.05, 0) is 23.6 Å². The fourth-order valence-corrected chi connectivity index (χ4v) is 2.10. The van der Waals surface area contributed by atoms with Gasteiger partial charge in [-0.3, -0.25) is 0 Å². The van der Waals surface area contributed by atoms with E-state index >= 15 is 0 Å². The quantitative estimate of drug-likeness (QED) is 0.794. The van der Waals surface area contributed by atoms with Gasteiger partial charge in [-0.25, -0.2) is 4.39 Å². The summed E-state index contributed by atoms with van der Waals surface area (Å²) in [5, 5.41) is 0.589. The van der Waals surface area contributed by atoms with Crippen molar-refractivity contribution < 1.29 is 4.39 Å². The average Bonchev–Trinajstić information content (AvgIpc) is 2.19. The molecule has 0 heterocycles. The number of hydrogen-bond acceptors (Lipinski definition) is 2. The third-order valence-corrected chi connectivity index (χ3v) is 4.09. The minimum absolute atomic E-state index is 0.223. The topological polar surface area (TPSA) is 26.0 Å². The van der Waals surface area contributed by atoms with Crippen molar-refractivity contribution in [2.24, 2.45) is 5.92 Å². The van der Waals surface area contributed by atoms with E-state index in [0.717, 1.165) is 11.3 Å². The number of hydrogen-bond donors (Lipinski definition) is 1. The predicted octanol–water partition coefficient (Wildman–Crippen LogP) is 3.69. The molecule has 0 bridgehead atoms. The molecule has 0 saturated carbocycles. The van der Waals surface area contributed by atoms with Crippen molar-refractivity contribution in [3.8, 4) is 0 Å². The van der Waals surface area contributed by atoms with E-state index in [-0.39, 0.29) is 11.5 Å². The van der Waals surface area contributed by atoms with Crippen molar-refractivity contribution in [1.82, 2.24) is 0 Å². The molecule has 0 saturated heterocycles. The third kappa shape index (κ3) is 3.74. The van der Waals surface area contributed by atoms with Crippen molar-refractivity contribution in [2.45, 2.75) is 31.8 Å². The van der Waals surface area contributed by atoms with Crippen molar-refractivity contribution in [1.29, 1.82) is 0 Å². The number of nitrogen functional groups attached to an aromatic ring is 1. The molecule has 1 atom stereocenters. The molecule has 1 nitrogen and oxygen atoms in total. The van der Waals surface area contributed by atoms with Gasteiger partial charge in [-0.1, -0.05) is 26.8 Å². The van der Waals surface area contributed by atoms with Crippen LogP contribution in [-0.4, -0.2) is 5.25 Å². The number of benzene rings is 1. The van der Waals surface area contributed by atoms with E-state index in [0.29, 0.717) is 11.2 Å². The standard InChI is InChI=1S/C12H18FNS/c1-8(2)9(3)15-7-10-4-5-12(14)11(13)6-10/h4-6,8-9H,7,14H2,1-3H3. The smallest absolute Gasteiger partial charge is 0.146 e. The summed E-state index contributed by atoms with van der Waals surface area (Å²) in [4.78, 5) is 0. The van der Waals surface area contributed by atoms with Gasteiger partial charge in [0, 0.05) is 11.0 Å². The highest BCUT2D eigenvalue weighted by molar-refractivity contribution is 7.99. The molecule has 1 aromatic carbocycles. The van der Waals surface area contributed by atoms with Crippen molar-refractivity contribution in [3.05, 3.63) is 29.6 Å². The van der Waals surface area contributed by atoms with Crippen LogP contribution < -0.4 is 5.73 Å². The molecule has 0 amide bonds. The van der Waals surface area contributed by atoms with Crippen LogP contribution in [0, 0.1) is 11.7 Å². The molecule has 0 aliphatic heterocycles. The Kier molecular flexibility index (Phi) is 4.45. The largest absolute Gasteiger partial charge is 0.396 e. The van der Waals surface area contributed by atoms with E-state index in [1.807, 2.05) is 17.8 Å². The first-order valence-corrected chi connectivity index (χ1v) is 6.21. The van der Waals surface area contributed by atoms with Gasteiger partial charge in [0.15, 0.2) is 0 Å². The molecular formula is C12H18FNS. The van der Waals surface area contributed by atoms with Crippen LogP contribution in [0.5, 0.6) is 0 Å². The van der Waals surface area contributed by atoms with E-state index in [2.05, 4.69) is 20.8 Å². The number of rotatable bonds is 4. The molecule has 0 radical (unpaired) electrons. The van der Waals surface area contributed by atoms with Crippen LogP contribution in [0.25, 0.3) is 0 Å². The number of thioether (sulfide) groups is 1. The van der Waals surface area contributed by atoms with Crippen LogP contribution in [0.3, 0.4) is 0 Å². The van der Waals surface area contributed by atoms with Crippen LogP contribution in [0.15, 0.2) is 18.2 Å². The molecule has 0 aliphatic carbocycles. The third-order valence-electron chi connectivity index (χ3n) is 2.52. The maximum Gasteiger partial charge on any atom is 0.146 e. The van der Waals surface area contributed by atoms with Crippen molar-refractivity contribution in [3.63, 3.8) is 0 Å². The van der Waals surface area contributed by atoms with Gasteiger partial charge in [-0.2, -0.15) is 11.8 Å². The normalized spacial score (nSPS) is 13.1. The van der Waals surface area contributed by atoms with Gasteiger partial charge in [-0.15, -0.1) is 0 Å². The molecule has 3 heteroatoms. The van der Waals surface area contributed by atoms with E-state index in [1.165, 1.54) is 6.07 Å². The molecule has 0 spiro atoms. The Bertz CT molecular complexity index is 325. The maximum atomic E-state index is 13.1. The van der Waals surface area contributed by atoms with Crippen LogP contribution >= 0.6 is 11.8 Å². The second-order valence-electron chi connectivity index (χ2n) is 4.12. The fraction of sp³-hybridized carbons (Fsp3) is 0.500. The molecule has 1 unspecified atom stereocenters. The fourth-order valence-electron chi connectivity index (χ4n) is 1.08. The van der Waals surface area contributed by atoms with Gasteiger partial charge in [0.1, 0.15) is 5.82 Å². The molecule has 0 fully saturated rings. The first-order chi connectivity index (χ1) is 7.00. The molecular weight excluding hydrogens is 209 g/mol. The lowest BCUT2D eigenvalue weighted by Gasteiger charge is -2.14. The lowest BCUT2D eigenvalue weighted by Crippen LogP contribution is -2.05. The molecule has 15 heavy (non-hydrogen) atoms. The Hall–Kier alpha value is -0.700. The first-order valence-electron chi connectivity index (χ1n) is 5.16. The zero-order valence-corrected chi connectivity index (χ0v) is 10.3. The minimum Gasteiger partial charge on any atom is -0.396 e. The molecule has 84 valence electrons. The highest BCUT2D eigenvalue weighted by Crippen LogP contribution is 2.24. The Balaban J connectivity index is 2.55. The summed E-state index contributed by atoms with van der Waals surface area (Å²) < 4.78 is 13.1. The summed E-state index contributed by atoms with van der Waals surface area (Å²) >= 11 is 1.84. The van der Waals surface area contributed by atoms with E-state index in [4.69, 9.17) is 5.73 Å². The molecule has 1 rings (SSSR count). The summed E-state index contributed by atoms with van der Waals surface area (Å²) in [5.41, 5.74) is 6.63. The number of nitrogens with two attached hydrogens (primary N) is 1. The summed E-state index contributed by atoms with van der Waals surface area (Å²) in [5.74, 6) is 1.18. The molecule has 1 aromatic rings. The zero-order valence-electron chi connectivity index (χ0n) is 9.46. The predicted molar refractivity (Wildman–Crippen MR) is 66.4 cm³/mol. The van der Waals surface area contributed by atoms with Crippen molar-refractivity contribution >= 4 is 17.4 Å². The van der Waals surface area contributed by atoms with Gasteiger partial charge in [0.2, 0.25) is 0 Å². The van der Waals surface area contributed by atoms with Gasteiger partial charge >= 0.3 is 0 Å². The average molecular weight is 227 g/mol. The SMILES string of the molecule is CC(C)C(C)SCc1ccc(N)c(F)c1. The monoisotopic (exact) mass is 227 g/mol. The maximum absolute atomic E-state index is 13.1. The summed E-state index contributed by atoms with van der Waals surface area (Å²) in [7, 11) is 0. The second-order valence-corrected chi connectivity index (χ2v) is 5.48. The number of anilines is 1. The Labute approximate surface area is 95.2 Å². The Morgan fingerprint density at radius 3 is 2.53 bits per heavy atom. The van der Waals surface area contributed by atoms with E-state index in [1.54, 1.807) is 6.07 Å². The van der Waals surface area contributed by atoms with E-state index in [9.17, 15) is 4.39 Å². The lowest BCUT2D eigenvalue weighted by molar-refractivity contribution is 0.630. The van der Waals surface area contributed by atoms with Crippen LogP contribution in [0.4, 0.5) is 10.1 Å². The molecule has 0 aliphatic rings. The van der Waals surface area contributed by atoms with Gasteiger partial charge in [0.05, 0.1) is 5.69 Å². The summed E-state index contributed by atoms with van der Waals surface area (Å²) in [6.45, 7) is 6.59. The Morgan fingerprint density at radius 2 is 2.00 bits per heavy atom. The first kappa shape index (κ1) is 12.4. The van der Waals surface area contributed by atoms with Crippen LogP contribution in [0.1, 0.15) is 26.3 Å². The lowest BCUT2D eigenvalue weighted by atomic mass is 10.2. The molecule has 0 aromatic heterocycles. The highest BCUT2D eigenvalue weighted by atomic mass is 32.2. The minimum atomic E-state index is -0.315. The van der Waals surface area contributed by atoms with E-state index < -0.39 is 0 Å². The number of halogens is 1. The van der Waals surface area contributed by atoms with Gasteiger partial charge < -0.3 is 5.73 Å². The summed E-state index contributed by atoms with van der Waals surface area (Å²) in [6, 6.07) is 5.04. The zero-order chi connectivity index (χ0) is 11.4.